The summed E-state index contributed by atoms with van der Waals surface area (Å²) in [5.74, 6) is -0.279. The molecule has 13 heteroatoms. The van der Waals surface area contributed by atoms with E-state index in [9.17, 15) is 22.8 Å². The van der Waals surface area contributed by atoms with Crippen molar-refractivity contribution in [2.45, 2.75) is 32.6 Å². The Morgan fingerprint density at radius 3 is 2.69 bits per heavy atom. The molecule has 1 aliphatic rings. The van der Waals surface area contributed by atoms with E-state index in [1.807, 2.05) is 6.92 Å². The number of amides is 2. The highest BCUT2D eigenvalue weighted by Gasteiger charge is 2.35. The molecule has 10 nitrogen and oxygen atoms in total. The molecule has 36 heavy (non-hydrogen) atoms. The lowest BCUT2D eigenvalue weighted by Gasteiger charge is -2.25. The molecule has 0 saturated carbocycles. The van der Waals surface area contributed by atoms with E-state index in [2.05, 4.69) is 25.4 Å². The van der Waals surface area contributed by atoms with Gasteiger partial charge in [-0.2, -0.15) is 18.3 Å². The monoisotopic (exact) mass is 497 g/mol. The Labute approximate surface area is 201 Å². The molecule has 4 aromatic heterocycles. The second kappa shape index (κ2) is 8.59. The molecule has 0 aromatic carbocycles. The van der Waals surface area contributed by atoms with E-state index < -0.39 is 23.7 Å². The highest BCUT2D eigenvalue weighted by molar-refractivity contribution is 6.05. The van der Waals surface area contributed by atoms with Gasteiger partial charge < -0.3 is 14.6 Å². The van der Waals surface area contributed by atoms with Crippen molar-refractivity contribution in [3.05, 3.63) is 83.1 Å². The van der Waals surface area contributed by atoms with Crippen LogP contribution in [0.5, 0.6) is 0 Å². The Bertz CT molecular complexity index is 1460. The zero-order valence-corrected chi connectivity index (χ0v) is 18.9. The third-order valence-corrected chi connectivity index (χ3v) is 5.92. The lowest BCUT2D eigenvalue weighted by molar-refractivity contribution is -0.137. The fraction of sp³-hybridized carbons (Fsp3) is 0.217. The molecule has 1 aliphatic heterocycles. The number of fused-ring (bicyclic) bond motifs is 1. The van der Waals surface area contributed by atoms with Crippen molar-refractivity contribution in [1.29, 1.82) is 0 Å². The number of hydrogen-bond donors (Lipinski definition) is 1. The summed E-state index contributed by atoms with van der Waals surface area (Å²) in [7, 11) is 0. The van der Waals surface area contributed by atoms with E-state index >= 15 is 0 Å². The first-order valence-electron chi connectivity index (χ1n) is 10.7. The molecule has 0 aliphatic carbocycles. The van der Waals surface area contributed by atoms with Gasteiger partial charge in [-0.25, -0.2) is 19.6 Å². The molecule has 0 radical (unpaired) electrons. The molecule has 5 heterocycles. The lowest BCUT2D eigenvalue weighted by atomic mass is 10.1. The van der Waals surface area contributed by atoms with Crippen LogP contribution in [0.15, 0.2) is 54.0 Å². The van der Waals surface area contributed by atoms with Crippen molar-refractivity contribution in [3.63, 3.8) is 0 Å². The van der Waals surface area contributed by atoms with Crippen LogP contribution in [0.4, 0.5) is 19.0 Å². The van der Waals surface area contributed by atoms with Gasteiger partial charge in [-0.3, -0.25) is 9.59 Å². The van der Waals surface area contributed by atoms with E-state index in [4.69, 9.17) is 4.42 Å². The van der Waals surface area contributed by atoms with E-state index in [0.29, 0.717) is 22.3 Å². The number of nitrogens with one attached hydrogen (secondary N) is 1. The number of alkyl halides is 3. The molecule has 1 N–H and O–H groups in total. The summed E-state index contributed by atoms with van der Waals surface area (Å²) in [6.45, 7) is 3.71. The molecule has 1 unspecified atom stereocenters. The Morgan fingerprint density at radius 2 is 2.03 bits per heavy atom. The van der Waals surface area contributed by atoms with E-state index in [1.165, 1.54) is 18.7 Å². The average molecular weight is 497 g/mol. The minimum Gasteiger partial charge on any atom is -0.451 e. The second-order valence-electron chi connectivity index (χ2n) is 8.20. The summed E-state index contributed by atoms with van der Waals surface area (Å²) < 4.78 is 44.7. The molecule has 0 fully saturated rings. The van der Waals surface area contributed by atoms with Crippen molar-refractivity contribution in [2.24, 2.45) is 0 Å². The molecular weight excluding hydrogens is 479 g/mol. The molecule has 1 atom stereocenters. The maximum Gasteiger partial charge on any atom is 0.419 e. The van der Waals surface area contributed by atoms with Gasteiger partial charge in [0, 0.05) is 29.7 Å². The minimum absolute atomic E-state index is 0.0742. The number of anilines is 1. The van der Waals surface area contributed by atoms with Crippen molar-refractivity contribution in [2.75, 3.05) is 5.32 Å². The fourth-order valence-electron chi connectivity index (χ4n) is 3.99. The van der Waals surface area contributed by atoms with Gasteiger partial charge in [0.15, 0.2) is 17.9 Å². The minimum atomic E-state index is -4.51. The zero-order valence-electron chi connectivity index (χ0n) is 18.9. The predicted molar refractivity (Wildman–Crippen MR) is 118 cm³/mol. The Morgan fingerprint density at radius 1 is 1.22 bits per heavy atom. The summed E-state index contributed by atoms with van der Waals surface area (Å²) in [6, 6.07) is 2.91. The Kier molecular flexibility index (Phi) is 5.54. The van der Waals surface area contributed by atoms with Crippen LogP contribution in [-0.2, 0) is 12.7 Å². The first kappa shape index (κ1) is 23.2. The average Bonchev–Trinajstić information content (AvgIpc) is 3.59. The predicted octanol–water partition coefficient (Wildman–Crippen LogP) is 3.95. The first-order chi connectivity index (χ1) is 17.1. The Balaban J connectivity index is 1.37. The zero-order chi connectivity index (χ0) is 25.6. The molecule has 184 valence electrons. The third-order valence-electron chi connectivity index (χ3n) is 5.92. The number of hydrogen-bond acceptors (Lipinski definition) is 7. The maximum absolute atomic E-state index is 13.2. The normalized spacial score (nSPS) is 14.1. The van der Waals surface area contributed by atoms with Crippen LogP contribution in [0.1, 0.15) is 56.1 Å². The van der Waals surface area contributed by atoms with E-state index in [-0.39, 0.29) is 29.8 Å². The van der Waals surface area contributed by atoms with Crippen LogP contribution in [-0.4, -0.2) is 41.4 Å². The van der Waals surface area contributed by atoms with Gasteiger partial charge in [0.1, 0.15) is 12.1 Å². The molecular formula is C23H18F3N7O3. The largest absolute Gasteiger partial charge is 0.451 e. The number of pyridine rings is 2. The molecule has 0 bridgehead atoms. The molecule has 5 rings (SSSR count). The SMILES string of the molecule is Cc1cc(C(C)N2Cc3c(ccnc3NC(=O)c3cocn3)C2=O)cnc1-n1cc(C(F)(F)F)cn1. The summed E-state index contributed by atoms with van der Waals surface area (Å²) in [5, 5.41) is 6.43. The molecule has 0 spiro atoms. The van der Waals surface area contributed by atoms with Crippen LogP contribution in [0.3, 0.4) is 0 Å². The van der Waals surface area contributed by atoms with Gasteiger partial charge >= 0.3 is 6.18 Å². The summed E-state index contributed by atoms with van der Waals surface area (Å²) >= 11 is 0. The topological polar surface area (TPSA) is 119 Å². The number of rotatable bonds is 5. The summed E-state index contributed by atoms with van der Waals surface area (Å²) in [5.41, 5.74) is 1.43. The number of aromatic nitrogens is 5. The van der Waals surface area contributed by atoms with Gasteiger partial charge in [0.05, 0.1) is 24.3 Å². The van der Waals surface area contributed by atoms with Crippen LogP contribution in [0.2, 0.25) is 0 Å². The smallest absolute Gasteiger partial charge is 0.419 e. The highest BCUT2D eigenvalue weighted by Crippen LogP contribution is 2.35. The first-order valence-corrected chi connectivity index (χ1v) is 10.7. The number of carbonyl (C=O) groups is 2. The fourth-order valence-corrected chi connectivity index (χ4v) is 3.99. The van der Waals surface area contributed by atoms with Crippen molar-refractivity contribution >= 4 is 17.6 Å². The van der Waals surface area contributed by atoms with Gasteiger partial charge in [0.25, 0.3) is 11.8 Å². The van der Waals surface area contributed by atoms with Crippen LogP contribution < -0.4 is 5.32 Å². The molecule has 2 amide bonds. The quantitative estimate of drug-likeness (QED) is 0.444. The van der Waals surface area contributed by atoms with Crippen LogP contribution >= 0.6 is 0 Å². The number of halogens is 3. The van der Waals surface area contributed by atoms with Gasteiger partial charge in [-0.1, -0.05) is 0 Å². The van der Waals surface area contributed by atoms with Crippen molar-refractivity contribution in [3.8, 4) is 5.82 Å². The number of nitrogens with zero attached hydrogens (tertiary/aromatic N) is 6. The number of aryl methyl sites for hydroxylation is 1. The highest BCUT2D eigenvalue weighted by atomic mass is 19.4. The standard InChI is InChI=1S/C23H18F3N7O3/c1-12-5-14(6-28-20(12)33-8-15(7-30-33)23(24,25)26)13(2)32-9-17-16(22(32)35)3-4-27-19(17)31-21(34)18-10-36-11-29-18/h3-8,10-11,13H,9H2,1-2H3,(H,27,31,34). The molecule has 4 aromatic rings. The van der Waals surface area contributed by atoms with E-state index in [1.54, 1.807) is 24.0 Å². The van der Waals surface area contributed by atoms with Crippen LogP contribution in [0, 0.1) is 6.92 Å². The lowest BCUT2D eigenvalue weighted by Crippen LogP contribution is -2.27. The summed E-state index contributed by atoms with van der Waals surface area (Å²) in [6.07, 6.45) is 2.38. The molecule has 0 saturated heterocycles. The number of carbonyl (C=O) groups excluding carboxylic acids is 2. The van der Waals surface area contributed by atoms with Crippen LogP contribution in [0.25, 0.3) is 5.82 Å². The van der Waals surface area contributed by atoms with E-state index in [0.717, 1.165) is 23.5 Å². The third kappa shape index (κ3) is 4.08. The summed E-state index contributed by atoms with van der Waals surface area (Å²) in [4.78, 5) is 39.5. The van der Waals surface area contributed by atoms with Gasteiger partial charge in [-0.15, -0.1) is 0 Å². The Hall–Kier alpha value is -4.55. The van der Waals surface area contributed by atoms with Gasteiger partial charge in [0.2, 0.25) is 0 Å². The van der Waals surface area contributed by atoms with Crippen molar-refractivity contribution < 1.29 is 27.2 Å². The van der Waals surface area contributed by atoms with Gasteiger partial charge in [-0.05, 0) is 37.1 Å². The van der Waals surface area contributed by atoms with Crippen molar-refractivity contribution in [1.82, 2.24) is 29.6 Å². The maximum atomic E-state index is 13.2. The number of oxazole rings is 1. The second-order valence-corrected chi connectivity index (χ2v) is 8.20.